The van der Waals surface area contributed by atoms with Gasteiger partial charge in [-0.1, -0.05) is 0 Å². The van der Waals surface area contributed by atoms with Crippen molar-refractivity contribution in [3.63, 3.8) is 0 Å². The fourth-order valence-electron chi connectivity index (χ4n) is 3.28. The highest BCUT2D eigenvalue weighted by Crippen LogP contribution is 2.39. The Balaban J connectivity index is 1.33. The predicted octanol–water partition coefficient (Wildman–Crippen LogP) is 3.83. The van der Waals surface area contributed by atoms with Gasteiger partial charge < -0.3 is 14.9 Å². The molecule has 2 aromatic heterocycles. The zero-order chi connectivity index (χ0) is 19.8. The molecule has 3 aromatic rings. The van der Waals surface area contributed by atoms with Gasteiger partial charge in [0.15, 0.2) is 5.82 Å². The summed E-state index contributed by atoms with van der Waals surface area (Å²) in [6.07, 6.45) is 8.29. The number of nitrogens with zero attached hydrogens (tertiary/aromatic N) is 4. The summed E-state index contributed by atoms with van der Waals surface area (Å²) in [5, 5.41) is 13.7. The first kappa shape index (κ1) is 17.9. The van der Waals surface area contributed by atoms with E-state index in [0.29, 0.717) is 12.5 Å². The number of carbonyl (C=O) groups excluding carboxylic acids is 1. The first-order valence-electron chi connectivity index (χ1n) is 9.53. The second kappa shape index (κ2) is 7.32. The van der Waals surface area contributed by atoms with Crippen LogP contribution in [0.15, 0.2) is 53.8 Å². The van der Waals surface area contributed by atoms with Crippen LogP contribution >= 0.6 is 11.9 Å². The predicted molar refractivity (Wildman–Crippen MR) is 113 cm³/mol. The maximum Gasteiger partial charge on any atom is 0.221 e. The summed E-state index contributed by atoms with van der Waals surface area (Å²) >= 11 is 1.62. The van der Waals surface area contributed by atoms with Crippen LogP contribution in [0.1, 0.15) is 37.2 Å². The SMILES string of the molecule is CC(=O)Nc1ccc(SN2C=C(Nc3cc(C4CC4)[nH]n3)n3ccnc3C2)cc1. The van der Waals surface area contributed by atoms with E-state index < -0.39 is 0 Å². The highest BCUT2D eigenvalue weighted by Gasteiger charge is 2.26. The lowest BCUT2D eigenvalue weighted by Gasteiger charge is -2.26. The molecule has 1 aromatic carbocycles. The summed E-state index contributed by atoms with van der Waals surface area (Å²) < 4.78 is 4.18. The van der Waals surface area contributed by atoms with Crippen LogP contribution in [0.2, 0.25) is 0 Å². The third-order valence-corrected chi connectivity index (χ3v) is 5.76. The molecule has 1 fully saturated rings. The molecule has 0 saturated heterocycles. The summed E-state index contributed by atoms with van der Waals surface area (Å²) in [6.45, 7) is 2.19. The minimum absolute atomic E-state index is 0.0740. The molecule has 0 spiro atoms. The summed E-state index contributed by atoms with van der Waals surface area (Å²) in [5.74, 6) is 3.23. The molecular weight excluding hydrogens is 386 g/mol. The normalized spacial score (nSPS) is 15.6. The van der Waals surface area contributed by atoms with E-state index in [2.05, 4.69) is 42.4 Å². The van der Waals surface area contributed by atoms with Gasteiger partial charge in [-0.25, -0.2) is 4.98 Å². The maximum absolute atomic E-state index is 11.2. The fourth-order valence-corrected chi connectivity index (χ4v) is 4.14. The van der Waals surface area contributed by atoms with E-state index in [1.165, 1.54) is 25.5 Å². The number of benzene rings is 1. The first-order chi connectivity index (χ1) is 14.1. The molecule has 1 aliphatic carbocycles. The number of nitrogens with one attached hydrogen (secondary N) is 3. The minimum Gasteiger partial charge on any atom is -0.326 e. The lowest BCUT2D eigenvalue weighted by Crippen LogP contribution is -2.23. The van der Waals surface area contributed by atoms with Crippen LogP contribution in [-0.4, -0.2) is 30.0 Å². The molecule has 29 heavy (non-hydrogen) atoms. The van der Waals surface area contributed by atoms with Crippen molar-refractivity contribution in [1.82, 2.24) is 24.1 Å². The van der Waals surface area contributed by atoms with Gasteiger partial charge in [-0.15, -0.1) is 0 Å². The smallest absolute Gasteiger partial charge is 0.221 e. The third kappa shape index (κ3) is 4.00. The molecule has 5 rings (SSSR count). The van der Waals surface area contributed by atoms with E-state index >= 15 is 0 Å². The standard InChI is InChI=1S/C20H21N7OS/c1-13(28)22-15-4-6-16(7-5-15)29-26-11-19-21-8-9-27(19)20(12-26)23-18-10-17(24-25-18)14-2-3-14/h4-10,12,14H,2-3,11H2,1H3,(H,22,28)(H2,23,24,25). The summed E-state index contributed by atoms with van der Waals surface area (Å²) in [7, 11) is 0. The Morgan fingerprint density at radius 1 is 1.28 bits per heavy atom. The van der Waals surface area contributed by atoms with Crippen molar-refractivity contribution in [2.24, 2.45) is 0 Å². The number of amides is 1. The largest absolute Gasteiger partial charge is 0.326 e. The maximum atomic E-state index is 11.2. The van der Waals surface area contributed by atoms with Crippen molar-refractivity contribution >= 4 is 35.2 Å². The van der Waals surface area contributed by atoms with Crippen molar-refractivity contribution in [1.29, 1.82) is 0 Å². The molecule has 9 heteroatoms. The van der Waals surface area contributed by atoms with Crippen LogP contribution in [0.5, 0.6) is 0 Å². The van der Waals surface area contributed by atoms with Crippen molar-refractivity contribution in [3.05, 3.63) is 60.4 Å². The van der Waals surface area contributed by atoms with Gasteiger partial charge in [0.05, 0.1) is 12.7 Å². The zero-order valence-corrected chi connectivity index (χ0v) is 16.7. The van der Waals surface area contributed by atoms with Gasteiger partial charge in [-0.05, 0) is 49.1 Å². The summed E-state index contributed by atoms with van der Waals surface area (Å²) in [4.78, 5) is 16.7. The Hall–Kier alpha value is -3.20. The number of H-pyrrole nitrogens is 1. The molecule has 1 aliphatic heterocycles. The molecule has 3 heterocycles. The number of imidazole rings is 1. The monoisotopic (exact) mass is 407 g/mol. The van der Waals surface area contributed by atoms with Gasteiger partial charge in [0.25, 0.3) is 0 Å². The van der Waals surface area contributed by atoms with E-state index in [4.69, 9.17) is 0 Å². The molecule has 2 aliphatic rings. The number of aromatic nitrogens is 4. The van der Waals surface area contributed by atoms with Crippen molar-refractivity contribution < 1.29 is 4.79 Å². The molecule has 1 saturated carbocycles. The van der Waals surface area contributed by atoms with E-state index in [1.54, 1.807) is 18.1 Å². The topological polar surface area (TPSA) is 90.9 Å². The van der Waals surface area contributed by atoms with Crippen LogP contribution in [-0.2, 0) is 11.3 Å². The summed E-state index contributed by atoms with van der Waals surface area (Å²) in [6, 6.07) is 9.88. The fraction of sp³-hybridized carbons (Fsp3) is 0.250. The van der Waals surface area contributed by atoms with Crippen LogP contribution in [0.4, 0.5) is 11.5 Å². The molecule has 1 amide bonds. The van der Waals surface area contributed by atoms with E-state index in [-0.39, 0.29) is 5.91 Å². The first-order valence-corrected chi connectivity index (χ1v) is 10.3. The number of anilines is 2. The summed E-state index contributed by atoms with van der Waals surface area (Å²) in [5.41, 5.74) is 1.99. The van der Waals surface area contributed by atoms with Gasteiger partial charge in [-0.2, -0.15) is 5.10 Å². The van der Waals surface area contributed by atoms with Gasteiger partial charge >= 0.3 is 0 Å². The molecule has 3 N–H and O–H groups in total. The molecule has 0 radical (unpaired) electrons. The third-order valence-electron chi connectivity index (χ3n) is 4.81. The van der Waals surface area contributed by atoms with Gasteiger partial charge in [-0.3, -0.25) is 14.5 Å². The Morgan fingerprint density at radius 3 is 2.86 bits per heavy atom. The van der Waals surface area contributed by atoms with Crippen molar-refractivity contribution in [3.8, 4) is 0 Å². The lowest BCUT2D eigenvalue weighted by molar-refractivity contribution is -0.114. The van der Waals surface area contributed by atoms with Crippen molar-refractivity contribution in [2.75, 3.05) is 10.6 Å². The van der Waals surface area contributed by atoms with E-state index in [9.17, 15) is 4.79 Å². The molecular formula is C20H21N7OS. The average Bonchev–Trinajstić information content (AvgIpc) is 3.25. The molecule has 148 valence electrons. The Kier molecular flexibility index (Phi) is 4.51. The van der Waals surface area contributed by atoms with Gasteiger partial charge in [0, 0.05) is 47.6 Å². The molecule has 8 nitrogen and oxygen atoms in total. The molecule has 0 unspecified atom stereocenters. The Bertz CT molecular complexity index is 1060. The number of carbonyl (C=O) groups is 1. The van der Waals surface area contributed by atoms with Crippen LogP contribution in [0.25, 0.3) is 5.82 Å². The average molecular weight is 408 g/mol. The van der Waals surface area contributed by atoms with Gasteiger partial charge in [0.1, 0.15) is 11.6 Å². The number of fused-ring (bicyclic) bond motifs is 1. The quantitative estimate of drug-likeness (QED) is 0.538. The van der Waals surface area contributed by atoms with E-state index in [1.807, 2.05) is 35.0 Å². The minimum atomic E-state index is -0.0740. The second-order valence-electron chi connectivity index (χ2n) is 7.21. The Labute approximate surface area is 172 Å². The number of rotatable bonds is 6. The van der Waals surface area contributed by atoms with Crippen LogP contribution in [0.3, 0.4) is 0 Å². The zero-order valence-electron chi connectivity index (χ0n) is 15.9. The second-order valence-corrected chi connectivity index (χ2v) is 8.33. The highest BCUT2D eigenvalue weighted by molar-refractivity contribution is 7.97. The molecule has 0 bridgehead atoms. The number of hydrogen-bond acceptors (Lipinski definition) is 6. The van der Waals surface area contributed by atoms with Gasteiger partial charge in [0.2, 0.25) is 5.91 Å². The van der Waals surface area contributed by atoms with Crippen LogP contribution < -0.4 is 10.6 Å². The van der Waals surface area contributed by atoms with Crippen molar-refractivity contribution in [2.45, 2.75) is 37.1 Å². The van der Waals surface area contributed by atoms with Crippen LogP contribution in [0, 0.1) is 0 Å². The molecule has 0 atom stereocenters. The Morgan fingerprint density at radius 2 is 2.10 bits per heavy atom. The highest BCUT2D eigenvalue weighted by atomic mass is 32.2. The lowest BCUT2D eigenvalue weighted by atomic mass is 10.3. The number of aromatic amines is 1. The number of hydrogen-bond donors (Lipinski definition) is 3. The van der Waals surface area contributed by atoms with E-state index in [0.717, 1.165) is 28.0 Å².